The Kier molecular flexibility index (Phi) is 4.18. The summed E-state index contributed by atoms with van der Waals surface area (Å²) in [5, 5.41) is 1.33. The zero-order valence-corrected chi connectivity index (χ0v) is 11.4. The van der Waals surface area contributed by atoms with Crippen LogP contribution in [0.2, 0.25) is 0 Å². The second-order valence-electron chi connectivity index (χ2n) is 4.12. The molecule has 0 N–H and O–H groups in total. The van der Waals surface area contributed by atoms with Gasteiger partial charge in [-0.2, -0.15) is 5.06 Å². The van der Waals surface area contributed by atoms with E-state index in [1.807, 2.05) is 24.3 Å². The number of benzene rings is 1. The third kappa shape index (κ3) is 2.87. The SMILES string of the molecule is CCCC(Br)ON1C(=O)CCc2ccccc21. The maximum atomic E-state index is 11.9. The first-order valence-electron chi connectivity index (χ1n) is 5.94. The molecule has 1 amide bonds. The number of fused-ring (bicyclic) bond motifs is 1. The number of anilines is 1. The number of aryl methyl sites for hydroxylation is 1. The van der Waals surface area contributed by atoms with Crippen LogP contribution >= 0.6 is 15.9 Å². The van der Waals surface area contributed by atoms with E-state index in [9.17, 15) is 4.79 Å². The minimum atomic E-state index is -0.109. The first-order valence-corrected chi connectivity index (χ1v) is 6.85. The van der Waals surface area contributed by atoms with E-state index in [0.29, 0.717) is 6.42 Å². The first kappa shape index (κ1) is 12.6. The van der Waals surface area contributed by atoms with Crippen molar-refractivity contribution in [3.8, 4) is 0 Å². The third-order valence-corrected chi connectivity index (χ3v) is 3.41. The van der Waals surface area contributed by atoms with Crippen molar-refractivity contribution in [1.82, 2.24) is 0 Å². The number of para-hydroxylation sites is 1. The van der Waals surface area contributed by atoms with Gasteiger partial charge in [0.15, 0.2) is 0 Å². The summed E-state index contributed by atoms with van der Waals surface area (Å²) in [4.78, 5) is 17.5. The molecule has 0 saturated heterocycles. The number of alkyl halides is 1. The van der Waals surface area contributed by atoms with E-state index in [1.165, 1.54) is 10.6 Å². The van der Waals surface area contributed by atoms with Crippen molar-refractivity contribution in [3.63, 3.8) is 0 Å². The molecule has 1 heterocycles. The molecule has 0 saturated carbocycles. The van der Waals surface area contributed by atoms with Crippen molar-refractivity contribution in [3.05, 3.63) is 29.8 Å². The molecule has 1 aromatic rings. The maximum absolute atomic E-state index is 11.9. The van der Waals surface area contributed by atoms with Crippen LogP contribution in [0.5, 0.6) is 0 Å². The fourth-order valence-electron chi connectivity index (χ4n) is 1.91. The van der Waals surface area contributed by atoms with Crippen LogP contribution in [0.25, 0.3) is 0 Å². The lowest BCUT2D eigenvalue weighted by Gasteiger charge is -2.29. The van der Waals surface area contributed by atoms with Crippen LogP contribution in [0.4, 0.5) is 5.69 Å². The number of rotatable bonds is 4. The largest absolute Gasteiger partial charge is 0.272 e. The summed E-state index contributed by atoms with van der Waals surface area (Å²) in [6.45, 7) is 2.09. The van der Waals surface area contributed by atoms with Crippen LogP contribution in [-0.2, 0) is 16.1 Å². The summed E-state index contributed by atoms with van der Waals surface area (Å²) in [5.74, 6) is 0.0317. The van der Waals surface area contributed by atoms with Crippen LogP contribution in [0.3, 0.4) is 0 Å². The standard InChI is InChI=1S/C13H16BrNO2/c1-2-5-12(14)17-15-11-7-4-3-6-10(11)8-9-13(15)16/h3-4,6-7,12H,2,5,8-9H2,1H3. The zero-order valence-electron chi connectivity index (χ0n) is 9.86. The molecule has 4 heteroatoms. The molecule has 0 fully saturated rings. The highest BCUT2D eigenvalue weighted by molar-refractivity contribution is 9.09. The minimum absolute atomic E-state index is 0.0317. The lowest BCUT2D eigenvalue weighted by molar-refractivity contribution is -0.127. The van der Waals surface area contributed by atoms with Crippen LogP contribution < -0.4 is 5.06 Å². The molecule has 0 spiro atoms. The van der Waals surface area contributed by atoms with Crippen molar-refractivity contribution >= 4 is 27.5 Å². The molecule has 17 heavy (non-hydrogen) atoms. The molecule has 1 aromatic carbocycles. The summed E-state index contributed by atoms with van der Waals surface area (Å²) in [6.07, 6.45) is 3.21. The van der Waals surface area contributed by atoms with E-state index in [-0.39, 0.29) is 10.9 Å². The molecule has 1 aliphatic rings. The Hall–Kier alpha value is -0.870. The van der Waals surface area contributed by atoms with Gasteiger partial charge in [-0.05, 0) is 24.5 Å². The van der Waals surface area contributed by atoms with Crippen LogP contribution in [0.1, 0.15) is 31.7 Å². The molecule has 0 radical (unpaired) electrons. The van der Waals surface area contributed by atoms with Crippen molar-refractivity contribution in [2.24, 2.45) is 0 Å². The van der Waals surface area contributed by atoms with E-state index in [1.54, 1.807) is 0 Å². The highest BCUT2D eigenvalue weighted by Crippen LogP contribution is 2.29. The lowest BCUT2D eigenvalue weighted by Crippen LogP contribution is -2.37. The topological polar surface area (TPSA) is 29.5 Å². The van der Waals surface area contributed by atoms with Gasteiger partial charge in [-0.1, -0.05) is 47.5 Å². The van der Waals surface area contributed by atoms with Gasteiger partial charge in [0.2, 0.25) is 0 Å². The summed E-state index contributed by atoms with van der Waals surface area (Å²) < 4.78 is 0. The summed E-state index contributed by atoms with van der Waals surface area (Å²) in [5.41, 5.74) is 2.05. The summed E-state index contributed by atoms with van der Waals surface area (Å²) >= 11 is 3.44. The average Bonchev–Trinajstić information content (AvgIpc) is 2.33. The molecule has 0 aromatic heterocycles. The van der Waals surface area contributed by atoms with E-state index in [2.05, 4.69) is 22.9 Å². The van der Waals surface area contributed by atoms with E-state index in [4.69, 9.17) is 4.84 Å². The van der Waals surface area contributed by atoms with Crippen molar-refractivity contribution in [2.75, 3.05) is 5.06 Å². The number of halogens is 1. The summed E-state index contributed by atoms with van der Waals surface area (Å²) in [6, 6.07) is 7.89. The van der Waals surface area contributed by atoms with Gasteiger partial charge in [-0.15, -0.1) is 0 Å². The number of nitrogens with zero attached hydrogens (tertiary/aromatic N) is 1. The van der Waals surface area contributed by atoms with E-state index >= 15 is 0 Å². The number of amides is 1. The van der Waals surface area contributed by atoms with Crippen LogP contribution in [0.15, 0.2) is 24.3 Å². The number of hydrogen-bond acceptors (Lipinski definition) is 2. The van der Waals surface area contributed by atoms with Gasteiger partial charge in [0.05, 0.1) is 5.69 Å². The second kappa shape index (κ2) is 5.65. The third-order valence-electron chi connectivity index (χ3n) is 2.78. The van der Waals surface area contributed by atoms with E-state index < -0.39 is 0 Å². The molecular weight excluding hydrogens is 282 g/mol. The van der Waals surface area contributed by atoms with Gasteiger partial charge in [0.1, 0.15) is 5.01 Å². The van der Waals surface area contributed by atoms with Gasteiger partial charge >= 0.3 is 0 Å². The van der Waals surface area contributed by atoms with Gasteiger partial charge < -0.3 is 0 Å². The molecular formula is C13H16BrNO2. The number of hydrogen-bond donors (Lipinski definition) is 0. The van der Waals surface area contributed by atoms with Crippen LogP contribution in [-0.4, -0.2) is 10.9 Å². The van der Waals surface area contributed by atoms with Gasteiger partial charge in [0, 0.05) is 6.42 Å². The molecule has 2 rings (SSSR count). The highest BCUT2D eigenvalue weighted by atomic mass is 79.9. The minimum Gasteiger partial charge on any atom is -0.272 e. The fraction of sp³-hybridized carbons (Fsp3) is 0.462. The van der Waals surface area contributed by atoms with Gasteiger partial charge in [-0.3, -0.25) is 9.63 Å². The molecule has 3 nitrogen and oxygen atoms in total. The quantitative estimate of drug-likeness (QED) is 0.797. The Bertz CT molecular complexity index is 408. The van der Waals surface area contributed by atoms with Crippen LogP contribution in [0, 0.1) is 0 Å². The molecule has 0 bridgehead atoms. The van der Waals surface area contributed by atoms with Crippen molar-refractivity contribution < 1.29 is 9.63 Å². The molecule has 1 unspecified atom stereocenters. The fourth-order valence-corrected chi connectivity index (χ4v) is 2.53. The van der Waals surface area contributed by atoms with Crippen molar-refractivity contribution in [2.45, 2.75) is 37.6 Å². The van der Waals surface area contributed by atoms with Gasteiger partial charge in [0.25, 0.3) is 5.91 Å². The van der Waals surface area contributed by atoms with E-state index in [0.717, 1.165) is 24.9 Å². The molecule has 92 valence electrons. The monoisotopic (exact) mass is 297 g/mol. The first-order chi connectivity index (χ1) is 8.22. The summed E-state index contributed by atoms with van der Waals surface area (Å²) in [7, 11) is 0. The highest BCUT2D eigenvalue weighted by Gasteiger charge is 2.26. The molecule has 0 aliphatic carbocycles. The van der Waals surface area contributed by atoms with Gasteiger partial charge in [-0.25, -0.2) is 0 Å². The Labute approximate surface area is 110 Å². The van der Waals surface area contributed by atoms with Crippen molar-refractivity contribution in [1.29, 1.82) is 0 Å². The molecule has 1 atom stereocenters. The molecule has 1 aliphatic heterocycles. The number of carbonyl (C=O) groups is 1. The number of hydroxylamine groups is 1. The Morgan fingerprint density at radius 3 is 2.94 bits per heavy atom. The second-order valence-corrected chi connectivity index (χ2v) is 5.14. The lowest BCUT2D eigenvalue weighted by atomic mass is 10.0. The average molecular weight is 298 g/mol. The maximum Gasteiger partial charge on any atom is 0.251 e. The number of carbonyl (C=O) groups excluding carboxylic acids is 1. The predicted molar refractivity (Wildman–Crippen MR) is 71.0 cm³/mol. The normalized spacial score (nSPS) is 16.8. The Morgan fingerprint density at radius 1 is 1.41 bits per heavy atom. The Balaban J connectivity index is 2.18. The smallest absolute Gasteiger partial charge is 0.251 e. The Morgan fingerprint density at radius 2 is 2.18 bits per heavy atom. The zero-order chi connectivity index (χ0) is 12.3. The predicted octanol–water partition coefficient (Wildman–Crippen LogP) is 3.42.